The molecule has 1 fully saturated rings. The molecule has 0 aliphatic carbocycles. The van der Waals surface area contributed by atoms with Gasteiger partial charge in [0, 0.05) is 6.54 Å². The molecule has 35 heavy (non-hydrogen) atoms. The van der Waals surface area contributed by atoms with Gasteiger partial charge in [-0.15, -0.1) is 0 Å². The van der Waals surface area contributed by atoms with E-state index < -0.39 is 27.9 Å². The maximum atomic E-state index is 13.7. The molecule has 1 atom stereocenters. The van der Waals surface area contributed by atoms with Crippen molar-refractivity contribution in [1.29, 1.82) is 0 Å². The van der Waals surface area contributed by atoms with Crippen molar-refractivity contribution in [3.05, 3.63) is 89.5 Å². The van der Waals surface area contributed by atoms with Gasteiger partial charge in [-0.25, -0.2) is 13.3 Å². The summed E-state index contributed by atoms with van der Waals surface area (Å²) in [4.78, 5) is 27.6. The summed E-state index contributed by atoms with van der Waals surface area (Å²) in [6.45, 7) is 6.14. The molecule has 3 aromatic rings. The third-order valence-electron chi connectivity index (χ3n) is 5.96. The van der Waals surface area contributed by atoms with E-state index in [-0.39, 0.29) is 17.9 Å². The number of benzene rings is 3. The number of sulfonamides is 1. The monoisotopic (exact) mass is 492 g/mol. The maximum Gasteiger partial charge on any atom is 0.252 e. The molecule has 1 heterocycles. The second-order valence-electron chi connectivity index (χ2n) is 8.56. The average molecular weight is 493 g/mol. The molecule has 0 spiro atoms. The first-order valence-electron chi connectivity index (χ1n) is 11.4. The summed E-state index contributed by atoms with van der Waals surface area (Å²) in [5.41, 5.74) is 3.07. The fourth-order valence-electron chi connectivity index (χ4n) is 4.05. The molecule has 0 radical (unpaired) electrons. The van der Waals surface area contributed by atoms with Crippen molar-refractivity contribution in [3.63, 3.8) is 0 Å². The third-order valence-corrected chi connectivity index (χ3v) is 7.83. The Morgan fingerprint density at radius 1 is 0.886 bits per heavy atom. The van der Waals surface area contributed by atoms with Crippen molar-refractivity contribution in [3.8, 4) is 5.75 Å². The standard InChI is InChI=1S/C27H28N2O5S/c1-4-34-23-13-11-22(12-14-23)29-26(30)17-25(27(29)31)28(18-21-9-5-19(2)6-10-21)35(32,33)24-15-7-20(3)8-16-24/h5-16,25H,4,17-18H2,1-3H3. The predicted molar refractivity (Wildman–Crippen MR) is 134 cm³/mol. The molecular formula is C27H28N2O5S. The summed E-state index contributed by atoms with van der Waals surface area (Å²) in [7, 11) is -4.07. The Morgan fingerprint density at radius 2 is 1.46 bits per heavy atom. The maximum absolute atomic E-state index is 13.7. The molecule has 2 amide bonds. The molecule has 3 aromatic carbocycles. The summed E-state index contributed by atoms with van der Waals surface area (Å²) < 4.78 is 34.1. The topological polar surface area (TPSA) is 84.0 Å². The van der Waals surface area contributed by atoms with Gasteiger partial charge in [0.05, 0.1) is 23.6 Å². The summed E-state index contributed by atoms with van der Waals surface area (Å²) in [6, 6.07) is 19.4. The van der Waals surface area contributed by atoms with Gasteiger partial charge in [-0.3, -0.25) is 9.59 Å². The second-order valence-corrected chi connectivity index (χ2v) is 10.5. The molecule has 4 rings (SSSR count). The van der Waals surface area contributed by atoms with Crippen LogP contribution in [0, 0.1) is 13.8 Å². The highest BCUT2D eigenvalue weighted by Gasteiger charge is 2.47. The number of anilines is 1. The van der Waals surface area contributed by atoms with E-state index in [1.165, 1.54) is 12.1 Å². The molecule has 7 nitrogen and oxygen atoms in total. The highest BCUT2D eigenvalue weighted by Crippen LogP contribution is 2.31. The first-order valence-corrected chi connectivity index (χ1v) is 12.9. The fraction of sp³-hybridized carbons (Fsp3) is 0.259. The minimum atomic E-state index is -4.07. The molecule has 1 unspecified atom stereocenters. The first kappa shape index (κ1) is 24.6. The van der Waals surface area contributed by atoms with Crippen molar-refractivity contribution < 1.29 is 22.7 Å². The van der Waals surface area contributed by atoms with Crippen LogP contribution in [0.4, 0.5) is 5.69 Å². The van der Waals surface area contributed by atoms with Gasteiger partial charge in [0.15, 0.2) is 0 Å². The molecule has 0 bridgehead atoms. The lowest BCUT2D eigenvalue weighted by molar-refractivity contribution is -0.122. The zero-order chi connectivity index (χ0) is 25.2. The van der Waals surface area contributed by atoms with Crippen LogP contribution in [0.15, 0.2) is 77.7 Å². The Balaban J connectivity index is 1.71. The van der Waals surface area contributed by atoms with Crippen LogP contribution in [-0.2, 0) is 26.2 Å². The Hall–Kier alpha value is -3.49. The smallest absolute Gasteiger partial charge is 0.252 e. The quantitative estimate of drug-likeness (QED) is 0.440. The van der Waals surface area contributed by atoms with Crippen molar-refractivity contribution in [2.24, 2.45) is 0 Å². The number of carbonyl (C=O) groups is 2. The van der Waals surface area contributed by atoms with Gasteiger partial charge < -0.3 is 4.74 Å². The van der Waals surface area contributed by atoms with Crippen molar-refractivity contribution >= 4 is 27.5 Å². The zero-order valence-electron chi connectivity index (χ0n) is 20.0. The molecular weight excluding hydrogens is 464 g/mol. The molecule has 0 saturated carbocycles. The Morgan fingerprint density at radius 3 is 2.03 bits per heavy atom. The van der Waals surface area contributed by atoms with Gasteiger partial charge in [0.2, 0.25) is 15.9 Å². The number of imide groups is 1. The van der Waals surface area contributed by atoms with Crippen LogP contribution in [0.25, 0.3) is 0 Å². The summed E-state index contributed by atoms with van der Waals surface area (Å²) in [5, 5.41) is 0. The van der Waals surface area contributed by atoms with Crippen molar-refractivity contribution in [2.45, 2.75) is 44.7 Å². The van der Waals surface area contributed by atoms with Gasteiger partial charge in [-0.1, -0.05) is 47.5 Å². The van der Waals surface area contributed by atoms with Crippen LogP contribution in [0.2, 0.25) is 0 Å². The summed E-state index contributed by atoms with van der Waals surface area (Å²) >= 11 is 0. The van der Waals surface area contributed by atoms with Crippen LogP contribution >= 0.6 is 0 Å². The second kappa shape index (κ2) is 10.0. The van der Waals surface area contributed by atoms with Crippen LogP contribution in [0.1, 0.15) is 30.0 Å². The lowest BCUT2D eigenvalue weighted by Gasteiger charge is -2.27. The van der Waals surface area contributed by atoms with Crippen LogP contribution in [0.5, 0.6) is 5.75 Å². The summed E-state index contributed by atoms with van der Waals surface area (Å²) in [5.74, 6) is -0.394. The highest BCUT2D eigenvalue weighted by molar-refractivity contribution is 7.89. The van der Waals surface area contributed by atoms with E-state index in [9.17, 15) is 18.0 Å². The number of amides is 2. The molecule has 0 N–H and O–H groups in total. The van der Waals surface area contributed by atoms with E-state index in [0.717, 1.165) is 25.9 Å². The van der Waals surface area contributed by atoms with Gasteiger partial charge in [-0.2, -0.15) is 4.31 Å². The number of ether oxygens (including phenoxy) is 1. The Labute approximate surface area is 206 Å². The lowest BCUT2D eigenvalue weighted by Crippen LogP contribution is -2.45. The predicted octanol–water partition coefficient (Wildman–Crippen LogP) is 4.23. The number of aryl methyl sites for hydroxylation is 2. The molecule has 182 valence electrons. The molecule has 0 aromatic heterocycles. The van der Waals surface area contributed by atoms with E-state index >= 15 is 0 Å². The van der Waals surface area contributed by atoms with Gasteiger partial charge in [-0.05, 0) is 62.7 Å². The fourth-order valence-corrected chi connectivity index (χ4v) is 5.62. The number of carbonyl (C=O) groups excluding carboxylic acids is 2. The largest absolute Gasteiger partial charge is 0.494 e. The third kappa shape index (κ3) is 5.13. The minimum absolute atomic E-state index is 0.0305. The normalized spacial score (nSPS) is 16.2. The number of hydrogen-bond acceptors (Lipinski definition) is 5. The van der Waals surface area contributed by atoms with E-state index in [0.29, 0.717) is 18.0 Å². The molecule has 8 heteroatoms. The zero-order valence-corrected chi connectivity index (χ0v) is 20.8. The Kier molecular flexibility index (Phi) is 7.05. The number of hydrogen-bond donors (Lipinski definition) is 0. The molecule has 1 aliphatic rings. The number of rotatable bonds is 8. The van der Waals surface area contributed by atoms with Crippen molar-refractivity contribution in [2.75, 3.05) is 11.5 Å². The SMILES string of the molecule is CCOc1ccc(N2C(=O)CC(N(Cc3ccc(C)cc3)S(=O)(=O)c3ccc(C)cc3)C2=O)cc1. The summed E-state index contributed by atoms with van der Waals surface area (Å²) in [6.07, 6.45) is -0.233. The van der Waals surface area contributed by atoms with Crippen LogP contribution in [0.3, 0.4) is 0 Å². The average Bonchev–Trinajstić information content (AvgIpc) is 3.13. The van der Waals surface area contributed by atoms with Gasteiger partial charge in [0.1, 0.15) is 11.8 Å². The van der Waals surface area contributed by atoms with E-state index in [1.807, 2.05) is 45.0 Å². The van der Waals surface area contributed by atoms with Crippen molar-refractivity contribution in [1.82, 2.24) is 4.31 Å². The Bertz CT molecular complexity index is 1320. The highest BCUT2D eigenvalue weighted by atomic mass is 32.2. The molecule has 1 saturated heterocycles. The molecule has 1 aliphatic heterocycles. The van der Waals surface area contributed by atoms with Gasteiger partial charge in [0.25, 0.3) is 5.91 Å². The van der Waals surface area contributed by atoms with E-state index in [1.54, 1.807) is 36.4 Å². The van der Waals surface area contributed by atoms with Crippen LogP contribution in [-0.4, -0.2) is 37.2 Å². The van der Waals surface area contributed by atoms with E-state index in [2.05, 4.69) is 0 Å². The minimum Gasteiger partial charge on any atom is -0.494 e. The van der Waals surface area contributed by atoms with E-state index in [4.69, 9.17) is 4.74 Å². The van der Waals surface area contributed by atoms with Gasteiger partial charge >= 0.3 is 0 Å². The first-order chi connectivity index (χ1) is 16.7. The van der Waals surface area contributed by atoms with Crippen LogP contribution < -0.4 is 9.64 Å². The number of nitrogens with zero attached hydrogens (tertiary/aromatic N) is 2. The lowest BCUT2D eigenvalue weighted by atomic mass is 10.1.